The molecule has 3 nitrogen and oxygen atoms in total. The Balaban J connectivity index is 3.09. The van der Waals surface area contributed by atoms with E-state index in [0.29, 0.717) is 4.77 Å². The van der Waals surface area contributed by atoms with Crippen molar-refractivity contribution in [3.8, 4) is 0 Å². The van der Waals surface area contributed by atoms with Crippen molar-refractivity contribution in [2.75, 3.05) is 0 Å². The number of aromatic nitrogens is 2. The van der Waals surface area contributed by atoms with Gasteiger partial charge in [0.2, 0.25) is 0 Å². The molecule has 0 aromatic carbocycles. The van der Waals surface area contributed by atoms with Crippen molar-refractivity contribution in [2.45, 2.75) is 46.0 Å². The van der Waals surface area contributed by atoms with Gasteiger partial charge in [0, 0.05) is 11.3 Å². The molecule has 0 amide bonds. The molecule has 1 heterocycles. The van der Waals surface area contributed by atoms with E-state index in [4.69, 9.17) is 12.2 Å². The maximum atomic E-state index is 11.7. The van der Waals surface area contributed by atoms with Crippen molar-refractivity contribution < 1.29 is 0 Å². The van der Waals surface area contributed by atoms with Gasteiger partial charge < -0.3 is 4.98 Å². The van der Waals surface area contributed by atoms with E-state index in [1.165, 1.54) is 0 Å². The van der Waals surface area contributed by atoms with Crippen LogP contribution in [0.3, 0.4) is 0 Å². The maximum Gasteiger partial charge on any atom is 0.255 e. The van der Waals surface area contributed by atoms with Crippen molar-refractivity contribution in [3.63, 3.8) is 0 Å². The molecule has 0 spiro atoms. The van der Waals surface area contributed by atoms with E-state index in [2.05, 4.69) is 23.8 Å². The highest BCUT2D eigenvalue weighted by Crippen LogP contribution is 2.07. The average Bonchev–Trinajstić information content (AvgIpc) is 2.17. The van der Waals surface area contributed by atoms with Crippen molar-refractivity contribution >= 4 is 12.2 Å². The van der Waals surface area contributed by atoms with Crippen LogP contribution in [0.25, 0.3) is 0 Å². The zero-order chi connectivity index (χ0) is 11.3. The Kier molecular flexibility index (Phi) is 4.75. The lowest BCUT2D eigenvalue weighted by atomic mass is 10.1. The summed E-state index contributed by atoms with van der Waals surface area (Å²) >= 11 is 4.96. The minimum Gasteiger partial charge on any atom is -0.336 e. The lowest BCUT2D eigenvalue weighted by molar-refractivity contribution is 0.751. The first-order chi connectivity index (χ1) is 7.19. The third-order valence-corrected chi connectivity index (χ3v) is 2.61. The van der Waals surface area contributed by atoms with Crippen LogP contribution in [0.15, 0.2) is 4.79 Å². The van der Waals surface area contributed by atoms with Gasteiger partial charge in [-0.25, -0.2) is 0 Å². The molecule has 15 heavy (non-hydrogen) atoms. The second kappa shape index (κ2) is 5.85. The molecule has 0 aliphatic heterocycles. The van der Waals surface area contributed by atoms with Gasteiger partial charge in [-0.05, 0) is 31.5 Å². The monoisotopic (exact) mass is 226 g/mol. The molecule has 0 aliphatic carbocycles. The summed E-state index contributed by atoms with van der Waals surface area (Å²) in [5.74, 6) is 0. The molecule has 1 aromatic rings. The Labute approximate surface area is 94.9 Å². The van der Waals surface area contributed by atoms with Crippen LogP contribution in [-0.4, -0.2) is 9.97 Å². The van der Waals surface area contributed by atoms with Crippen LogP contribution in [-0.2, 0) is 12.8 Å². The summed E-state index contributed by atoms with van der Waals surface area (Å²) in [6.45, 7) is 4.22. The number of unbranched alkanes of at least 4 members (excludes halogenated alkanes) is 1. The van der Waals surface area contributed by atoms with Gasteiger partial charge in [-0.2, -0.15) is 0 Å². The molecule has 0 fully saturated rings. The summed E-state index contributed by atoms with van der Waals surface area (Å²) in [7, 11) is 0. The van der Waals surface area contributed by atoms with Crippen LogP contribution in [0.5, 0.6) is 0 Å². The lowest BCUT2D eigenvalue weighted by Crippen LogP contribution is -2.18. The van der Waals surface area contributed by atoms with Crippen LogP contribution in [0.4, 0.5) is 0 Å². The first-order valence-electron chi connectivity index (χ1n) is 5.53. The fraction of sp³-hybridized carbons (Fsp3) is 0.636. The van der Waals surface area contributed by atoms with Crippen molar-refractivity contribution in [3.05, 3.63) is 26.4 Å². The van der Waals surface area contributed by atoms with Gasteiger partial charge in [0.25, 0.3) is 5.56 Å². The minimum absolute atomic E-state index is 0.0179. The largest absolute Gasteiger partial charge is 0.336 e. The molecular weight excluding hydrogens is 208 g/mol. The number of rotatable bonds is 5. The molecule has 0 radical (unpaired) electrons. The fourth-order valence-corrected chi connectivity index (χ4v) is 1.86. The second-order valence-electron chi connectivity index (χ2n) is 3.72. The van der Waals surface area contributed by atoms with Gasteiger partial charge in [-0.15, -0.1) is 0 Å². The van der Waals surface area contributed by atoms with E-state index in [1.807, 2.05) is 0 Å². The Morgan fingerprint density at radius 3 is 2.47 bits per heavy atom. The predicted octanol–water partition coefficient (Wildman–Crippen LogP) is 2.73. The molecule has 0 unspecified atom stereocenters. The third kappa shape index (κ3) is 3.30. The quantitative estimate of drug-likeness (QED) is 0.758. The Morgan fingerprint density at radius 1 is 1.13 bits per heavy atom. The number of aryl methyl sites for hydroxylation is 1. The number of nitrogens with one attached hydrogen (secondary N) is 2. The number of H-pyrrole nitrogens is 2. The first kappa shape index (κ1) is 12.2. The summed E-state index contributed by atoms with van der Waals surface area (Å²) < 4.78 is 0.434. The summed E-state index contributed by atoms with van der Waals surface area (Å²) in [6, 6.07) is 0. The van der Waals surface area contributed by atoms with E-state index in [1.54, 1.807) is 0 Å². The Bertz CT molecular complexity index is 419. The molecule has 0 saturated carbocycles. The van der Waals surface area contributed by atoms with Crippen molar-refractivity contribution in [2.24, 2.45) is 0 Å². The minimum atomic E-state index is -0.0179. The van der Waals surface area contributed by atoms with E-state index in [9.17, 15) is 4.79 Å². The smallest absolute Gasteiger partial charge is 0.255 e. The molecule has 0 atom stereocenters. The predicted molar refractivity (Wildman–Crippen MR) is 64.9 cm³/mol. The van der Waals surface area contributed by atoms with Crippen molar-refractivity contribution in [1.82, 2.24) is 9.97 Å². The van der Waals surface area contributed by atoms with Gasteiger partial charge in [0.05, 0.1) is 0 Å². The highest BCUT2D eigenvalue weighted by Gasteiger charge is 2.06. The van der Waals surface area contributed by atoms with E-state index in [0.717, 1.165) is 43.4 Å². The molecule has 1 rings (SSSR count). The Hall–Kier alpha value is -0.900. The summed E-state index contributed by atoms with van der Waals surface area (Å²) in [6.07, 6.45) is 4.90. The number of hydrogen-bond acceptors (Lipinski definition) is 2. The number of aromatic amines is 2. The summed E-state index contributed by atoms with van der Waals surface area (Å²) in [4.78, 5) is 17.4. The van der Waals surface area contributed by atoms with Gasteiger partial charge in [0.1, 0.15) is 0 Å². The van der Waals surface area contributed by atoms with E-state index >= 15 is 0 Å². The summed E-state index contributed by atoms with van der Waals surface area (Å²) in [5.41, 5.74) is 1.88. The normalized spacial score (nSPS) is 10.5. The van der Waals surface area contributed by atoms with Gasteiger partial charge >= 0.3 is 0 Å². The van der Waals surface area contributed by atoms with Crippen LogP contribution in [0, 0.1) is 4.77 Å². The zero-order valence-electron chi connectivity index (χ0n) is 9.35. The van der Waals surface area contributed by atoms with Crippen LogP contribution in [0.1, 0.15) is 44.4 Å². The molecule has 2 N–H and O–H groups in total. The highest BCUT2D eigenvalue weighted by atomic mass is 32.1. The fourth-order valence-electron chi connectivity index (χ4n) is 1.64. The van der Waals surface area contributed by atoms with Gasteiger partial charge in [0.15, 0.2) is 4.77 Å². The third-order valence-electron chi connectivity index (χ3n) is 2.41. The Morgan fingerprint density at radius 2 is 1.87 bits per heavy atom. The van der Waals surface area contributed by atoms with Crippen molar-refractivity contribution in [1.29, 1.82) is 0 Å². The van der Waals surface area contributed by atoms with Crippen LogP contribution >= 0.6 is 12.2 Å². The molecule has 84 valence electrons. The highest BCUT2D eigenvalue weighted by molar-refractivity contribution is 7.71. The van der Waals surface area contributed by atoms with Gasteiger partial charge in [-0.1, -0.05) is 26.7 Å². The van der Waals surface area contributed by atoms with E-state index < -0.39 is 0 Å². The lowest BCUT2D eigenvalue weighted by Gasteiger charge is -2.06. The molecule has 0 aliphatic rings. The van der Waals surface area contributed by atoms with Gasteiger partial charge in [-0.3, -0.25) is 9.78 Å². The summed E-state index contributed by atoms with van der Waals surface area (Å²) in [5, 5.41) is 0. The first-order valence-corrected chi connectivity index (χ1v) is 5.94. The standard InChI is InChI=1S/C11H18N2OS/c1-3-5-7-8-9(6-4-2)12-11(15)13-10(8)14/h3-7H2,1-2H3,(H2,12,13,14,15). The molecule has 0 bridgehead atoms. The SMILES string of the molecule is CCCCc1c(CCC)[nH]c(=S)[nH]c1=O. The average molecular weight is 226 g/mol. The molecular formula is C11H18N2OS. The molecule has 4 heteroatoms. The van der Waals surface area contributed by atoms with Crippen LogP contribution in [0.2, 0.25) is 0 Å². The van der Waals surface area contributed by atoms with Crippen LogP contribution < -0.4 is 5.56 Å². The van der Waals surface area contributed by atoms with E-state index in [-0.39, 0.29) is 5.56 Å². The second-order valence-corrected chi connectivity index (χ2v) is 4.13. The molecule has 0 saturated heterocycles. The number of hydrogen-bond donors (Lipinski definition) is 2. The topological polar surface area (TPSA) is 48.6 Å². The maximum absolute atomic E-state index is 11.7. The zero-order valence-corrected chi connectivity index (χ0v) is 10.2. The molecule has 1 aromatic heterocycles.